The number of hydrogen-bond acceptors (Lipinski definition) is 6. The highest BCUT2D eigenvalue weighted by Crippen LogP contribution is 2.38. The van der Waals surface area contributed by atoms with Gasteiger partial charge in [0.2, 0.25) is 5.91 Å². The van der Waals surface area contributed by atoms with E-state index >= 15 is 0 Å². The number of aromatic nitrogens is 3. The molecule has 0 spiro atoms. The van der Waals surface area contributed by atoms with E-state index in [1.807, 2.05) is 18.2 Å². The second-order valence-electron chi connectivity index (χ2n) is 9.53. The maximum Gasteiger partial charge on any atom is 0.416 e. The monoisotopic (exact) mass is 542 g/mol. The molecule has 4 aromatic rings. The summed E-state index contributed by atoms with van der Waals surface area (Å²) in [5.74, 6) is -0.657. The van der Waals surface area contributed by atoms with Gasteiger partial charge in [-0.25, -0.2) is 4.98 Å². The van der Waals surface area contributed by atoms with Crippen molar-refractivity contribution in [3.63, 3.8) is 0 Å². The standard InChI is InChI=1S/C30H25F3N6O/c31-30(32,33)24-10-13-37-26(16-24)39-14-4-9-25(39)29(40)38-28(21-6-1-5-20(15-21)17-34)27(22-7-2-11-35-18-22)23-8-3-12-36-19-23/h1-3,5-8,10-13,15-16,18-19,25,27-28H,4,9,14H2,(H,38,40)/t25-,28?/m0/s1. The fraction of sp³-hybridized carbons (Fsp3) is 0.233. The minimum Gasteiger partial charge on any atom is -0.347 e. The molecule has 0 aliphatic carbocycles. The molecule has 1 aliphatic heterocycles. The van der Waals surface area contributed by atoms with Crippen molar-refractivity contribution in [2.24, 2.45) is 0 Å². The third kappa shape index (κ3) is 5.78. The van der Waals surface area contributed by atoms with Crippen molar-refractivity contribution in [2.75, 3.05) is 11.4 Å². The van der Waals surface area contributed by atoms with Gasteiger partial charge in [0.05, 0.1) is 23.2 Å². The van der Waals surface area contributed by atoms with Gasteiger partial charge in [-0.1, -0.05) is 24.3 Å². The van der Waals surface area contributed by atoms with Crippen LogP contribution in [0.3, 0.4) is 0 Å². The van der Waals surface area contributed by atoms with Crippen molar-refractivity contribution in [1.29, 1.82) is 5.26 Å². The van der Waals surface area contributed by atoms with Gasteiger partial charge in [-0.15, -0.1) is 0 Å². The molecular weight excluding hydrogens is 517 g/mol. The van der Waals surface area contributed by atoms with Crippen molar-refractivity contribution in [3.05, 3.63) is 119 Å². The number of benzene rings is 1. The quantitative estimate of drug-likeness (QED) is 0.335. The number of anilines is 1. The van der Waals surface area contributed by atoms with Crippen LogP contribution in [0.5, 0.6) is 0 Å². The van der Waals surface area contributed by atoms with E-state index in [4.69, 9.17) is 0 Å². The second-order valence-corrected chi connectivity index (χ2v) is 9.53. The van der Waals surface area contributed by atoms with Gasteiger partial charge in [-0.05, 0) is 65.9 Å². The Morgan fingerprint density at radius 2 is 1.68 bits per heavy atom. The van der Waals surface area contributed by atoms with Crippen LogP contribution in [0.25, 0.3) is 0 Å². The summed E-state index contributed by atoms with van der Waals surface area (Å²) in [6, 6.07) is 17.1. The number of carbonyl (C=O) groups excluding carboxylic acids is 1. The molecule has 3 aromatic heterocycles. The van der Waals surface area contributed by atoms with Crippen LogP contribution in [0.4, 0.5) is 19.0 Å². The Bertz CT molecular complexity index is 1470. The third-order valence-corrected chi connectivity index (χ3v) is 7.02. The lowest BCUT2D eigenvalue weighted by Gasteiger charge is -2.32. The van der Waals surface area contributed by atoms with E-state index in [9.17, 15) is 23.2 Å². The van der Waals surface area contributed by atoms with Gasteiger partial charge < -0.3 is 10.2 Å². The maximum absolute atomic E-state index is 13.9. The molecule has 1 amide bonds. The molecule has 0 radical (unpaired) electrons. The first-order chi connectivity index (χ1) is 19.3. The second kappa shape index (κ2) is 11.5. The molecule has 10 heteroatoms. The van der Waals surface area contributed by atoms with Gasteiger partial charge in [0.15, 0.2) is 0 Å². The topological polar surface area (TPSA) is 94.8 Å². The van der Waals surface area contributed by atoms with E-state index in [-0.39, 0.29) is 11.7 Å². The molecule has 5 rings (SSSR count). The summed E-state index contributed by atoms with van der Waals surface area (Å²) in [6.45, 7) is 0.398. The van der Waals surface area contributed by atoms with Crippen molar-refractivity contribution in [3.8, 4) is 6.07 Å². The summed E-state index contributed by atoms with van der Waals surface area (Å²) in [6.07, 6.45) is 4.44. The number of nitrogens with zero attached hydrogens (tertiary/aromatic N) is 5. The van der Waals surface area contributed by atoms with E-state index in [1.165, 1.54) is 0 Å². The molecular formula is C30H25F3N6O. The van der Waals surface area contributed by atoms with E-state index in [2.05, 4.69) is 26.3 Å². The highest BCUT2D eigenvalue weighted by Gasteiger charge is 2.37. The zero-order chi connectivity index (χ0) is 28.1. The Kier molecular flexibility index (Phi) is 7.73. The first-order valence-electron chi connectivity index (χ1n) is 12.8. The van der Waals surface area contributed by atoms with E-state index in [0.717, 1.165) is 29.5 Å². The highest BCUT2D eigenvalue weighted by atomic mass is 19.4. The number of pyridine rings is 3. The summed E-state index contributed by atoms with van der Waals surface area (Å²) in [7, 11) is 0. The SMILES string of the molecule is N#Cc1cccc(C(NC(=O)[C@@H]2CCCN2c2cc(C(F)(F)F)ccn2)C(c2cccnc2)c2cccnc2)c1. The minimum atomic E-state index is -4.52. The first-order valence-corrected chi connectivity index (χ1v) is 12.8. The molecule has 1 fully saturated rings. The Morgan fingerprint density at radius 1 is 0.975 bits per heavy atom. The minimum absolute atomic E-state index is 0.103. The number of hydrogen-bond donors (Lipinski definition) is 1. The van der Waals surface area contributed by atoms with E-state index < -0.39 is 29.7 Å². The van der Waals surface area contributed by atoms with Crippen LogP contribution in [0.2, 0.25) is 0 Å². The number of carbonyl (C=O) groups is 1. The molecule has 1 unspecified atom stereocenters. The number of amides is 1. The van der Waals surface area contributed by atoms with Gasteiger partial charge in [0, 0.05) is 43.4 Å². The lowest BCUT2D eigenvalue weighted by molar-refractivity contribution is -0.137. The Morgan fingerprint density at radius 3 is 2.30 bits per heavy atom. The first kappa shape index (κ1) is 26.8. The van der Waals surface area contributed by atoms with Gasteiger partial charge >= 0.3 is 6.18 Å². The molecule has 40 heavy (non-hydrogen) atoms. The molecule has 1 aromatic carbocycles. The van der Waals surface area contributed by atoms with Crippen LogP contribution in [-0.4, -0.2) is 33.4 Å². The molecule has 1 N–H and O–H groups in total. The van der Waals surface area contributed by atoms with Crippen LogP contribution in [0.15, 0.2) is 91.6 Å². The molecule has 0 bridgehead atoms. The Labute approximate surface area is 229 Å². The number of rotatable bonds is 7. The van der Waals surface area contributed by atoms with Crippen LogP contribution in [-0.2, 0) is 11.0 Å². The predicted molar refractivity (Wildman–Crippen MR) is 142 cm³/mol. The molecule has 2 atom stereocenters. The number of nitrogens with one attached hydrogen (secondary N) is 1. The zero-order valence-electron chi connectivity index (χ0n) is 21.3. The van der Waals surface area contributed by atoms with Crippen LogP contribution < -0.4 is 10.2 Å². The fourth-order valence-electron chi connectivity index (χ4n) is 5.17. The van der Waals surface area contributed by atoms with Gasteiger partial charge in [0.1, 0.15) is 11.9 Å². The Hall–Kier alpha value is -4.78. The van der Waals surface area contributed by atoms with Gasteiger partial charge in [-0.2, -0.15) is 18.4 Å². The number of halogens is 3. The summed E-state index contributed by atoms with van der Waals surface area (Å²) in [5, 5.41) is 12.7. The van der Waals surface area contributed by atoms with Crippen molar-refractivity contribution < 1.29 is 18.0 Å². The van der Waals surface area contributed by atoms with Crippen molar-refractivity contribution in [2.45, 2.75) is 37.0 Å². The predicted octanol–water partition coefficient (Wildman–Crippen LogP) is 5.42. The molecule has 4 heterocycles. The largest absolute Gasteiger partial charge is 0.416 e. The molecule has 7 nitrogen and oxygen atoms in total. The van der Waals surface area contributed by atoms with Crippen LogP contribution >= 0.6 is 0 Å². The summed E-state index contributed by atoms with van der Waals surface area (Å²) < 4.78 is 40.2. The average Bonchev–Trinajstić information content (AvgIpc) is 3.48. The van der Waals surface area contributed by atoms with Gasteiger partial charge in [-0.3, -0.25) is 14.8 Å². The fourth-order valence-corrected chi connectivity index (χ4v) is 5.17. The van der Waals surface area contributed by atoms with Gasteiger partial charge in [0.25, 0.3) is 0 Å². The van der Waals surface area contributed by atoms with E-state index in [0.29, 0.717) is 30.5 Å². The van der Waals surface area contributed by atoms with E-state index in [1.54, 1.807) is 60.0 Å². The highest BCUT2D eigenvalue weighted by molar-refractivity contribution is 5.86. The van der Waals surface area contributed by atoms with Crippen molar-refractivity contribution in [1.82, 2.24) is 20.3 Å². The molecule has 0 saturated carbocycles. The summed E-state index contributed by atoms with van der Waals surface area (Å²) >= 11 is 0. The Balaban J connectivity index is 1.54. The lowest BCUT2D eigenvalue weighted by Crippen LogP contribution is -2.46. The summed E-state index contributed by atoms with van der Waals surface area (Å²) in [5.41, 5.74) is 1.97. The normalized spacial score (nSPS) is 16.0. The maximum atomic E-state index is 13.9. The number of alkyl halides is 3. The lowest BCUT2D eigenvalue weighted by atomic mass is 9.82. The summed E-state index contributed by atoms with van der Waals surface area (Å²) in [4.78, 5) is 28.3. The molecule has 1 saturated heterocycles. The van der Waals surface area contributed by atoms with Crippen LogP contribution in [0, 0.1) is 11.3 Å². The molecule has 1 aliphatic rings. The van der Waals surface area contributed by atoms with Crippen molar-refractivity contribution >= 4 is 11.7 Å². The van der Waals surface area contributed by atoms with Crippen LogP contribution in [0.1, 0.15) is 52.6 Å². The third-order valence-electron chi connectivity index (χ3n) is 7.02. The zero-order valence-corrected chi connectivity index (χ0v) is 21.3. The smallest absolute Gasteiger partial charge is 0.347 e. The number of nitriles is 1. The molecule has 202 valence electrons. The average molecular weight is 543 g/mol.